The molecule has 0 saturated carbocycles. The highest BCUT2D eigenvalue weighted by Crippen LogP contribution is 2.50. The molecule has 9 nitrogen and oxygen atoms in total. The highest BCUT2D eigenvalue weighted by atomic mass is 16.7. The van der Waals surface area contributed by atoms with Gasteiger partial charge in [0.15, 0.2) is 18.3 Å². The van der Waals surface area contributed by atoms with Gasteiger partial charge in [-0.1, -0.05) is 25.7 Å². The van der Waals surface area contributed by atoms with Gasteiger partial charge < -0.3 is 29.2 Å². The minimum atomic E-state index is -1.98. The average molecular weight is 479 g/mol. The van der Waals surface area contributed by atoms with Crippen molar-refractivity contribution in [2.45, 2.75) is 90.2 Å². The van der Waals surface area contributed by atoms with E-state index in [4.69, 9.17) is 18.9 Å². The smallest absolute Gasteiger partial charge is 0.334 e. The van der Waals surface area contributed by atoms with Crippen LogP contribution in [0.5, 0.6) is 0 Å². The Hall–Kier alpha value is -2.49. The zero-order chi connectivity index (χ0) is 25.6. The summed E-state index contributed by atoms with van der Waals surface area (Å²) in [6.07, 6.45) is -1.21. The third-order valence-corrected chi connectivity index (χ3v) is 7.20. The van der Waals surface area contributed by atoms with Crippen molar-refractivity contribution >= 4 is 17.9 Å². The molecule has 2 N–H and O–H groups in total. The van der Waals surface area contributed by atoms with Crippen LogP contribution in [0.2, 0.25) is 0 Å². The highest BCUT2D eigenvalue weighted by Gasteiger charge is 2.65. The van der Waals surface area contributed by atoms with Crippen LogP contribution >= 0.6 is 0 Å². The number of esters is 3. The molecule has 8 atom stereocenters. The topological polar surface area (TPSA) is 129 Å². The Bertz CT molecular complexity index is 946. The molecule has 0 aromatic rings. The van der Waals surface area contributed by atoms with Crippen molar-refractivity contribution in [2.24, 2.45) is 11.8 Å². The lowest BCUT2D eigenvalue weighted by Crippen LogP contribution is -2.58. The van der Waals surface area contributed by atoms with Crippen molar-refractivity contribution in [1.29, 1.82) is 0 Å². The van der Waals surface area contributed by atoms with E-state index in [1.807, 2.05) is 0 Å². The van der Waals surface area contributed by atoms with Crippen LogP contribution in [0.4, 0.5) is 0 Å². The van der Waals surface area contributed by atoms with E-state index in [1.165, 1.54) is 6.92 Å². The number of aliphatic hydroxyl groups is 2. The van der Waals surface area contributed by atoms with E-state index in [2.05, 4.69) is 6.58 Å². The number of carbonyl (C=O) groups is 3. The molecule has 3 saturated heterocycles. The number of ether oxygens (including phenoxy) is 4. The van der Waals surface area contributed by atoms with Crippen LogP contribution in [0.1, 0.15) is 54.4 Å². The standard InChI is InChI=1S/C25H34O9/c1-8-12(3)21(26)32-19-17-15(6)23(28)31-18(17)20(33-22(27)13(4)9-2)24(7,29)11-16-10-14(5)25(19,30)34-16/h8-9,14,16-20,29-30H,6,10-11H2,1-5,7H3/b12-8-,13-9-/t14-,16-,17+,18+,19-,20-,24+,25+/m0/s1. The number of rotatable bonds is 4. The molecule has 0 radical (unpaired) electrons. The normalized spacial score (nSPS) is 40.6. The molecule has 9 heteroatoms. The molecule has 0 amide bonds. The average Bonchev–Trinajstić information content (AvgIpc) is 3.22. The SMILES string of the molecule is C=C1C(=O)O[C@@H]2[C@@H]1[C@H](OC(=O)/C(C)=C\C)[C@]1(O)O[C@@H](C[C@@H]1C)C[C@@](C)(O)[C@H]2OC(=O)/C(C)=C\C. The zero-order valence-corrected chi connectivity index (χ0v) is 20.5. The Morgan fingerprint density at radius 3 is 2.15 bits per heavy atom. The van der Waals surface area contributed by atoms with Crippen LogP contribution in [0.3, 0.4) is 0 Å². The molecule has 0 aromatic heterocycles. The predicted octanol–water partition coefficient (Wildman–Crippen LogP) is 2.11. The lowest BCUT2D eigenvalue weighted by molar-refractivity contribution is -0.277. The van der Waals surface area contributed by atoms with Crippen LogP contribution in [0.15, 0.2) is 35.5 Å². The first-order valence-electron chi connectivity index (χ1n) is 11.5. The van der Waals surface area contributed by atoms with Crippen LogP contribution in [-0.4, -0.2) is 63.9 Å². The second-order valence-corrected chi connectivity index (χ2v) is 9.71. The van der Waals surface area contributed by atoms with Crippen molar-refractivity contribution < 1.29 is 43.5 Å². The first-order valence-corrected chi connectivity index (χ1v) is 11.5. The molecule has 3 fully saturated rings. The Labute approximate surface area is 199 Å². The molecule has 0 unspecified atom stereocenters. The fourth-order valence-corrected chi connectivity index (χ4v) is 4.87. The summed E-state index contributed by atoms with van der Waals surface area (Å²) in [5.74, 6) is -5.84. The van der Waals surface area contributed by atoms with Crippen molar-refractivity contribution in [3.05, 3.63) is 35.5 Å². The summed E-state index contributed by atoms with van der Waals surface area (Å²) in [6.45, 7) is 13.5. The van der Waals surface area contributed by atoms with E-state index in [1.54, 1.807) is 46.8 Å². The van der Waals surface area contributed by atoms with E-state index >= 15 is 0 Å². The van der Waals surface area contributed by atoms with Gasteiger partial charge in [0.25, 0.3) is 0 Å². The Balaban J connectivity index is 2.17. The van der Waals surface area contributed by atoms with Crippen LogP contribution < -0.4 is 0 Å². The second-order valence-electron chi connectivity index (χ2n) is 9.71. The van der Waals surface area contributed by atoms with Crippen molar-refractivity contribution in [3.8, 4) is 0 Å². The number of hydrogen-bond donors (Lipinski definition) is 2. The predicted molar refractivity (Wildman–Crippen MR) is 120 cm³/mol. The molecule has 3 aliphatic heterocycles. The van der Waals surface area contributed by atoms with Gasteiger partial charge in [-0.05, 0) is 41.0 Å². The Kier molecular flexibility index (Phi) is 7.13. The van der Waals surface area contributed by atoms with Gasteiger partial charge in [-0.3, -0.25) is 0 Å². The van der Waals surface area contributed by atoms with Crippen molar-refractivity contribution in [1.82, 2.24) is 0 Å². The molecular formula is C25H34O9. The summed E-state index contributed by atoms with van der Waals surface area (Å²) < 4.78 is 23.0. The minimum Gasteiger partial charge on any atom is -0.454 e. The fourth-order valence-electron chi connectivity index (χ4n) is 4.87. The monoisotopic (exact) mass is 478 g/mol. The van der Waals surface area contributed by atoms with E-state index in [-0.39, 0.29) is 17.6 Å². The summed E-state index contributed by atoms with van der Waals surface area (Å²) in [5.41, 5.74) is -1.19. The summed E-state index contributed by atoms with van der Waals surface area (Å²) in [7, 11) is 0. The maximum Gasteiger partial charge on any atom is 0.334 e. The van der Waals surface area contributed by atoms with Gasteiger partial charge in [-0.2, -0.15) is 0 Å². The molecule has 0 aliphatic carbocycles. The van der Waals surface area contributed by atoms with E-state index in [0.29, 0.717) is 12.0 Å². The van der Waals surface area contributed by atoms with Gasteiger partial charge >= 0.3 is 17.9 Å². The fraction of sp³-hybridized carbons (Fsp3) is 0.640. The lowest BCUT2D eigenvalue weighted by atomic mass is 9.75. The quantitative estimate of drug-likeness (QED) is 0.355. The summed E-state index contributed by atoms with van der Waals surface area (Å²) in [6, 6.07) is 0. The molecular weight excluding hydrogens is 444 g/mol. The zero-order valence-electron chi connectivity index (χ0n) is 20.5. The molecule has 3 heterocycles. The van der Waals surface area contributed by atoms with E-state index < -0.39 is 65.5 Å². The molecule has 2 bridgehead atoms. The minimum absolute atomic E-state index is 0.0196. The van der Waals surface area contributed by atoms with Crippen LogP contribution in [0, 0.1) is 11.8 Å². The summed E-state index contributed by atoms with van der Waals surface area (Å²) >= 11 is 0. The number of carbonyl (C=O) groups excluding carboxylic acids is 3. The molecule has 34 heavy (non-hydrogen) atoms. The number of allylic oxidation sites excluding steroid dienone is 2. The van der Waals surface area contributed by atoms with Crippen LogP contribution in [-0.2, 0) is 33.3 Å². The maximum absolute atomic E-state index is 12.8. The van der Waals surface area contributed by atoms with Gasteiger partial charge in [0, 0.05) is 29.1 Å². The molecule has 0 aromatic carbocycles. The van der Waals surface area contributed by atoms with Gasteiger partial charge in [0.2, 0.25) is 5.79 Å². The highest BCUT2D eigenvalue weighted by molar-refractivity contribution is 5.92. The van der Waals surface area contributed by atoms with E-state index in [0.717, 1.165) is 0 Å². The van der Waals surface area contributed by atoms with Gasteiger partial charge in [-0.25, -0.2) is 14.4 Å². The Morgan fingerprint density at radius 1 is 1.09 bits per heavy atom. The van der Waals surface area contributed by atoms with Crippen molar-refractivity contribution in [2.75, 3.05) is 0 Å². The maximum atomic E-state index is 12.8. The molecule has 0 spiro atoms. The molecule has 3 aliphatic rings. The lowest BCUT2D eigenvalue weighted by Gasteiger charge is -2.41. The van der Waals surface area contributed by atoms with E-state index in [9.17, 15) is 24.6 Å². The molecule has 3 rings (SSSR count). The largest absolute Gasteiger partial charge is 0.454 e. The third-order valence-electron chi connectivity index (χ3n) is 7.20. The first kappa shape index (κ1) is 26.1. The summed E-state index contributed by atoms with van der Waals surface area (Å²) in [5, 5.41) is 23.1. The number of fused-ring (bicyclic) bond motifs is 3. The first-order chi connectivity index (χ1) is 15.8. The van der Waals surface area contributed by atoms with Gasteiger partial charge in [0.1, 0.15) is 5.60 Å². The second kappa shape index (κ2) is 9.28. The summed E-state index contributed by atoms with van der Waals surface area (Å²) in [4.78, 5) is 38.1. The van der Waals surface area contributed by atoms with Gasteiger partial charge in [-0.15, -0.1) is 0 Å². The molecule has 188 valence electrons. The van der Waals surface area contributed by atoms with Crippen LogP contribution in [0.25, 0.3) is 0 Å². The Morgan fingerprint density at radius 2 is 1.62 bits per heavy atom. The van der Waals surface area contributed by atoms with Crippen molar-refractivity contribution in [3.63, 3.8) is 0 Å². The third kappa shape index (κ3) is 4.44. The number of hydrogen-bond acceptors (Lipinski definition) is 9. The van der Waals surface area contributed by atoms with Gasteiger partial charge in [0.05, 0.1) is 12.0 Å².